The van der Waals surface area contributed by atoms with Gasteiger partial charge in [-0.1, -0.05) is 72.8 Å². The van der Waals surface area contributed by atoms with Gasteiger partial charge >= 0.3 is 0 Å². The lowest BCUT2D eigenvalue weighted by Gasteiger charge is -2.16. The molecule has 6 rings (SSSR count). The molecule has 4 aromatic rings. The highest BCUT2D eigenvalue weighted by atomic mass is 16.7. The molecule has 2 aliphatic rings. The van der Waals surface area contributed by atoms with Crippen molar-refractivity contribution in [2.45, 2.75) is 6.54 Å². The van der Waals surface area contributed by atoms with Gasteiger partial charge < -0.3 is 14.8 Å². The van der Waals surface area contributed by atoms with E-state index in [1.807, 2.05) is 78.9 Å². The Kier molecular flexibility index (Phi) is 4.77. The smallest absolute Gasteiger partial charge is 0.278 e. The number of benzene rings is 4. The predicted octanol–water partition coefficient (Wildman–Crippen LogP) is 4.96. The van der Waals surface area contributed by atoms with Gasteiger partial charge in [-0.2, -0.15) is 0 Å². The fourth-order valence-corrected chi connectivity index (χ4v) is 4.40. The third kappa shape index (κ3) is 3.36. The van der Waals surface area contributed by atoms with Gasteiger partial charge in [-0.15, -0.1) is 0 Å². The summed E-state index contributed by atoms with van der Waals surface area (Å²) in [6.45, 7) is 0.296. The van der Waals surface area contributed by atoms with Gasteiger partial charge in [0.05, 0.1) is 12.1 Å². The van der Waals surface area contributed by atoms with Gasteiger partial charge in [0, 0.05) is 11.1 Å². The van der Waals surface area contributed by atoms with Crippen LogP contribution in [-0.2, 0) is 16.1 Å². The first kappa shape index (κ1) is 20.1. The van der Waals surface area contributed by atoms with E-state index in [2.05, 4.69) is 5.32 Å². The normalized spacial score (nSPS) is 14.9. The lowest BCUT2D eigenvalue weighted by molar-refractivity contribution is -0.137. The standard InChI is InChI=1S/C28H20N2O4/c31-27-25(20-8-2-1-3-9-20)26(29-22-12-6-10-19-7-4-5-11-21(19)22)28(32)30(27)16-18-13-14-23-24(15-18)34-17-33-23/h1-15,29H,16-17H2. The number of anilines is 1. The predicted molar refractivity (Wildman–Crippen MR) is 129 cm³/mol. The Morgan fingerprint density at radius 2 is 1.53 bits per heavy atom. The molecule has 0 atom stereocenters. The number of rotatable bonds is 5. The van der Waals surface area contributed by atoms with Crippen molar-refractivity contribution in [3.05, 3.63) is 108 Å². The Morgan fingerprint density at radius 3 is 2.41 bits per heavy atom. The van der Waals surface area contributed by atoms with Gasteiger partial charge in [-0.3, -0.25) is 14.5 Å². The van der Waals surface area contributed by atoms with Crippen molar-refractivity contribution in [2.24, 2.45) is 0 Å². The quantitative estimate of drug-likeness (QED) is 0.437. The summed E-state index contributed by atoms with van der Waals surface area (Å²) in [6, 6.07) is 28.5. The van der Waals surface area contributed by atoms with E-state index in [9.17, 15) is 9.59 Å². The van der Waals surface area contributed by atoms with Crippen LogP contribution in [0.4, 0.5) is 5.69 Å². The Bertz CT molecular complexity index is 1470. The molecule has 0 fully saturated rings. The number of nitrogens with one attached hydrogen (secondary N) is 1. The van der Waals surface area contributed by atoms with Crippen LogP contribution in [0.5, 0.6) is 11.5 Å². The monoisotopic (exact) mass is 448 g/mol. The van der Waals surface area contributed by atoms with Crippen molar-refractivity contribution in [3.63, 3.8) is 0 Å². The van der Waals surface area contributed by atoms with Crippen LogP contribution in [0.3, 0.4) is 0 Å². The number of carbonyl (C=O) groups excluding carboxylic acids is 2. The lowest BCUT2D eigenvalue weighted by atomic mass is 10.0. The van der Waals surface area contributed by atoms with E-state index in [0.29, 0.717) is 22.6 Å². The zero-order chi connectivity index (χ0) is 23.1. The van der Waals surface area contributed by atoms with Gasteiger partial charge in [0.2, 0.25) is 6.79 Å². The molecular weight excluding hydrogens is 428 g/mol. The van der Waals surface area contributed by atoms with Gasteiger partial charge in [-0.05, 0) is 34.7 Å². The van der Waals surface area contributed by atoms with Crippen molar-refractivity contribution in [2.75, 3.05) is 12.1 Å². The minimum Gasteiger partial charge on any atom is -0.454 e. The number of fused-ring (bicyclic) bond motifs is 2. The molecule has 2 heterocycles. The van der Waals surface area contributed by atoms with Crippen LogP contribution in [0.1, 0.15) is 11.1 Å². The molecule has 34 heavy (non-hydrogen) atoms. The molecule has 0 aliphatic carbocycles. The fourth-order valence-electron chi connectivity index (χ4n) is 4.40. The van der Waals surface area contributed by atoms with Crippen LogP contribution in [0.25, 0.3) is 16.3 Å². The van der Waals surface area contributed by atoms with Gasteiger partial charge in [0.15, 0.2) is 11.5 Å². The average Bonchev–Trinajstić information content (AvgIpc) is 3.43. The van der Waals surface area contributed by atoms with Gasteiger partial charge in [0.25, 0.3) is 11.8 Å². The molecule has 0 spiro atoms. The second-order valence-corrected chi connectivity index (χ2v) is 8.15. The number of amides is 2. The van der Waals surface area contributed by atoms with Crippen LogP contribution in [0.15, 0.2) is 96.7 Å². The molecule has 2 aliphatic heterocycles. The highest BCUT2D eigenvalue weighted by Crippen LogP contribution is 2.36. The Hall–Kier alpha value is -4.58. The Labute approximate surface area is 196 Å². The van der Waals surface area contributed by atoms with Crippen LogP contribution in [0, 0.1) is 0 Å². The summed E-state index contributed by atoms with van der Waals surface area (Å²) in [6.07, 6.45) is 0. The second-order valence-electron chi connectivity index (χ2n) is 8.15. The van der Waals surface area contributed by atoms with Crippen molar-refractivity contribution in [1.82, 2.24) is 4.90 Å². The summed E-state index contributed by atoms with van der Waals surface area (Å²) in [5, 5.41) is 5.31. The first-order valence-electron chi connectivity index (χ1n) is 11.0. The van der Waals surface area contributed by atoms with Crippen LogP contribution < -0.4 is 14.8 Å². The molecule has 6 heteroatoms. The van der Waals surface area contributed by atoms with E-state index < -0.39 is 0 Å². The summed E-state index contributed by atoms with van der Waals surface area (Å²) in [4.78, 5) is 28.4. The molecule has 2 amide bonds. The van der Waals surface area contributed by atoms with Crippen molar-refractivity contribution in [3.8, 4) is 11.5 Å². The summed E-state index contributed by atoms with van der Waals surface area (Å²) in [5.41, 5.74) is 2.88. The molecule has 0 saturated heterocycles. The molecule has 4 aromatic carbocycles. The van der Waals surface area contributed by atoms with Crippen LogP contribution in [0.2, 0.25) is 0 Å². The molecule has 6 nitrogen and oxygen atoms in total. The van der Waals surface area contributed by atoms with E-state index >= 15 is 0 Å². The lowest BCUT2D eigenvalue weighted by Crippen LogP contribution is -2.32. The maximum atomic E-state index is 13.6. The summed E-state index contributed by atoms with van der Waals surface area (Å²) < 4.78 is 10.8. The van der Waals surface area contributed by atoms with E-state index in [1.165, 1.54) is 4.90 Å². The molecule has 0 aromatic heterocycles. The van der Waals surface area contributed by atoms with Gasteiger partial charge in [0.1, 0.15) is 5.70 Å². The largest absolute Gasteiger partial charge is 0.454 e. The van der Waals surface area contributed by atoms with E-state index in [-0.39, 0.29) is 30.8 Å². The first-order chi connectivity index (χ1) is 16.7. The Balaban J connectivity index is 1.40. The highest BCUT2D eigenvalue weighted by Gasteiger charge is 2.39. The fraction of sp³-hybridized carbons (Fsp3) is 0.0714. The number of hydrogen-bond acceptors (Lipinski definition) is 5. The molecule has 166 valence electrons. The number of ether oxygens (including phenoxy) is 2. The summed E-state index contributed by atoms with van der Waals surface area (Å²) in [5.74, 6) is 0.567. The van der Waals surface area contributed by atoms with Crippen LogP contribution >= 0.6 is 0 Å². The number of imide groups is 1. The van der Waals surface area contributed by atoms with E-state index in [0.717, 1.165) is 22.0 Å². The molecule has 0 unspecified atom stereocenters. The molecular formula is C28H20N2O4. The number of nitrogens with zero attached hydrogens (tertiary/aromatic N) is 1. The topological polar surface area (TPSA) is 67.9 Å². The third-order valence-corrected chi connectivity index (χ3v) is 6.06. The minimum atomic E-state index is -0.366. The maximum Gasteiger partial charge on any atom is 0.278 e. The molecule has 0 radical (unpaired) electrons. The zero-order valence-electron chi connectivity index (χ0n) is 18.2. The Morgan fingerprint density at radius 1 is 0.765 bits per heavy atom. The van der Waals surface area contributed by atoms with E-state index in [1.54, 1.807) is 12.1 Å². The minimum absolute atomic E-state index is 0.130. The number of carbonyl (C=O) groups is 2. The molecule has 0 bridgehead atoms. The summed E-state index contributed by atoms with van der Waals surface area (Å²) >= 11 is 0. The number of hydrogen-bond donors (Lipinski definition) is 1. The molecule has 1 N–H and O–H groups in total. The third-order valence-electron chi connectivity index (χ3n) is 6.06. The zero-order valence-corrected chi connectivity index (χ0v) is 18.2. The maximum absolute atomic E-state index is 13.6. The second kappa shape index (κ2) is 8.08. The SMILES string of the molecule is O=C1C(Nc2cccc3ccccc23)=C(c2ccccc2)C(=O)N1Cc1ccc2c(c1)OCO2. The van der Waals surface area contributed by atoms with E-state index in [4.69, 9.17) is 9.47 Å². The van der Waals surface area contributed by atoms with Crippen LogP contribution in [-0.4, -0.2) is 23.5 Å². The summed E-state index contributed by atoms with van der Waals surface area (Å²) in [7, 11) is 0. The average molecular weight is 448 g/mol. The van der Waals surface area contributed by atoms with Crippen molar-refractivity contribution < 1.29 is 19.1 Å². The van der Waals surface area contributed by atoms with Gasteiger partial charge in [-0.25, -0.2) is 0 Å². The highest BCUT2D eigenvalue weighted by molar-refractivity contribution is 6.36. The molecule has 0 saturated carbocycles. The first-order valence-corrected chi connectivity index (χ1v) is 11.0. The van der Waals surface area contributed by atoms with Crippen molar-refractivity contribution >= 4 is 33.8 Å². The van der Waals surface area contributed by atoms with Crippen molar-refractivity contribution in [1.29, 1.82) is 0 Å².